The standard InChI is InChI=1S/C14H20FN3S/c1-17(2)11-5-6-18(9-11)8-10-3-4-13(15)12(7-10)14(16)19/h3-4,7,11H,5-6,8-9H2,1-2H3,(H2,16,19). The number of hydrogen-bond acceptors (Lipinski definition) is 3. The molecule has 0 aromatic heterocycles. The van der Waals surface area contributed by atoms with Crippen LogP contribution < -0.4 is 5.73 Å². The minimum absolute atomic E-state index is 0.118. The van der Waals surface area contributed by atoms with Gasteiger partial charge in [-0.25, -0.2) is 4.39 Å². The highest BCUT2D eigenvalue weighted by atomic mass is 32.1. The predicted octanol–water partition coefficient (Wildman–Crippen LogP) is 1.60. The van der Waals surface area contributed by atoms with Crippen LogP contribution in [0.4, 0.5) is 4.39 Å². The van der Waals surface area contributed by atoms with E-state index >= 15 is 0 Å². The van der Waals surface area contributed by atoms with Crippen LogP contribution in [0.3, 0.4) is 0 Å². The Hall–Kier alpha value is -1.04. The molecule has 1 aliphatic rings. The van der Waals surface area contributed by atoms with Gasteiger partial charge in [0.15, 0.2) is 0 Å². The zero-order chi connectivity index (χ0) is 14.0. The average molecular weight is 281 g/mol. The van der Waals surface area contributed by atoms with Gasteiger partial charge in [-0.05, 0) is 38.2 Å². The minimum atomic E-state index is -0.344. The van der Waals surface area contributed by atoms with Gasteiger partial charge >= 0.3 is 0 Å². The smallest absolute Gasteiger partial charge is 0.133 e. The molecular formula is C14H20FN3S. The molecule has 104 valence electrons. The quantitative estimate of drug-likeness (QED) is 0.850. The van der Waals surface area contributed by atoms with Gasteiger partial charge in [0.25, 0.3) is 0 Å². The van der Waals surface area contributed by atoms with Crippen molar-refractivity contribution in [3.63, 3.8) is 0 Å². The van der Waals surface area contributed by atoms with Crippen LogP contribution >= 0.6 is 12.2 Å². The molecule has 2 N–H and O–H groups in total. The summed E-state index contributed by atoms with van der Waals surface area (Å²) in [5.41, 5.74) is 6.93. The molecular weight excluding hydrogens is 261 g/mol. The Kier molecular flexibility index (Phi) is 4.50. The molecule has 0 aliphatic carbocycles. The Morgan fingerprint density at radius 3 is 2.84 bits per heavy atom. The van der Waals surface area contributed by atoms with E-state index in [9.17, 15) is 4.39 Å². The molecule has 1 unspecified atom stereocenters. The zero-order valence-corrected chi connectivity index (χ0v) is 12.2. The van der Waals surface area contributed by atoms with Crippen LogP contribution in [0.25, 0.3) is 0 Å². The molecule has 1 aliphatic heterocycles. The largest absolute Gasteiger partial charge is 0.389 e. The van der Waals surface area contributed by atoms with Crippen molar-refractivity contribution in [1.82, 2.24) is 9.80 Å². The second-order valence-corrected chi connectivity index (χ2v) is 5.76. The number of halogens is 1. The number of nitrogens with zero attached hydrogens (tertiary/aromatic N) is 2. The third-order valence-electron chi connectivity index (χ3n) is 3.68. The van der Waals surface area contributed by atoms with E-state index in [1.54, 1.807) is 12.1 Å². The SMILES string of the molecule is CN(C)C1CCN(Cc2ccc(F)c(C(N)=S)c2)C1. The van der Waals surface area contributed by atoms with Crippen molar-refractivity contribution >= 4 is 17.2 Å². The van der Waals surface area contributed by atoms with Crippen LogP contribution in [0, 0.1) is 5.82 Å². The van der Waals surface area contributed by atoms with Crippen molar-refractivity contribution in [1.29, 1.82) is 0 Å². The molecule has 1 atom stereocenters. The second-order valence-electron chi connectivity index (χ2n) is 5.32. The van der Waals surface area contributed by atoms with E-state index in [1.165, 1.54) is 12.5 Å². The van der Waals surface area contributed by atoms with E-state index in [4.69, 9.17) is 18.0 Å². The van der Waals surface area contributed by atoms with Crippen molar-refractivity contribution in [2.24, 2.45) is 5.73 Å². The van der Waals surface area contributed by atoms with Crippen LogP contribution in [0.1, 0.15) is 17.5 Å². The third-order valence-corrected chi connectivity index (χ3v) is 3.90. The summed E-state index contributed by atoms with van der Waals surface area (Å²) in [4.78, 5) is 4.75. The predicted molar refractivity (Wildman–Crippen MR) is 79.7 cm³/mol. The highest BCUT2D eigenvalue weighted by Crippen LogP contribution is 2.18. The lowest BCUT2D eigenvalue weighted by Gasteiger charge is -2.20. The number of rotatable bonds is 4. The first-order valence-electron chi connectivity index (χ1n) is 6.44. The van der Waals surface area contributed by atoms with Gasteiger partial charge in [0.05, 0.1) is 0 Å². The van der Waals surface area contributed by atoms with Crippen molar-refractivity contribution in [3.05, 3.63) is 35.1 Å². The molecule has 1 fully saturated rings. The maximum atomic E-state index is 13.5. The molecule has 5 heteroatoms. The maximum Gasteiger partial charge on any atom is 0.133 e. The summed E-state index contributed by atoms with van der Waals surface area (Å²) in [7, 11) is 4.22. The third kappa shape index (κ3) is 3.49. The molecule has 3 nitrogen and oxygen atoms in total. The van der Waals surface area contributed by atoms with Gasteiger partial charge in [-0.1, -0.05) is 18.3 Å². The summed E-state index contributed by atoms with van der Waals surface area (Å²) in [6.07, 6.45) is 1.18. The minimum Gasteiger partial charge on any atom is -0.389 e. The molecule has 19 heavy (non-hydrogen) atoms. The topological polar surface area (TPSA) is 32.5 Å². The van der Waals surface area contributed by atoms with Crippen molar-refractivity contribution in [2.75, 3.05) is 27.2 Å². The molecule has 0 bridgehead atoms. The van der Waals surface area contributed by atoms with Crippen molar-refractivity contribution in [2.45, 2.75) is 19.0 Å². The van der Waals surface area contributed by atoms with E-state index in [1.807, 2.05) is 0 Å². The van der Waals surface area contributed by atoms with E-state index in [2.05, 4.69) is 23.9 Å². The van der Waals surface area contributed by atoms with Crippen molar-refractivity contribution < 1.29 is 4.39 Å². The molecule has 0 amide bonds. The van der Waals surface area contributed by atoms with Crippen LogP contribution in [-0.2, 0) is 6.54 Å². The van der Waals surface area contributed by atoms with Gasteiger partial charge in [0, 0.05) is 31.2 Å². The number of hydrogen-bond donors (Lipinski definition) is 1. The van der Waals surface area contributed by atoms with E-state index in [-0.39, 0.29) is 10.8 Å². The van der Waals surface area contributed by atoms with Gasteiger partial charge in [-0.2, -0.15) is 0 Å². The summed E-state index contributed by atoms with van der Waals surface area (Å²) < 4.78 is 13.5. The Morgan fingerprint density at radius 1 is 1.53 bits per heavy atom. The summed E-state index contributed by atoms with van der Waals surface area (Å²) in [5, 5.41) is 0. The Bertz CT molecular complexity index is 476. The van der Waals surface area contributed by atoms with E-state index in [0.29, 0.717) is 11.6 Å². The monoisotopic (exact) mass is 281 g/mol. The molecule has 0 radical (unpaired) electrons. The number of thiocarbonyl (C=S) groups is 1. The van der Waals surface area contributed by atoms with Gasteiger partial charge in [-0.15, -0.1) is 0 Å². The normalized spacial score (nSPS) is 20.1. The van der Waals surface area contributed by atoms with Crippen LogP contribution in [0.2, 0.25) is 0 Å². The van der Waals surface area contributed by atoms with Gasteiger partial charge in [0.1, 0.15) is 10.8 Å². The molecule has 2 rings (SSSR count). The summed E-state index contributed by atoms with van der Waals surface area (Å²) in [6.45, 7) is 2.94. The first-order valence-corrected chi connectivity index (χ1v) is 6.85. The lowest BCUT2D eigenvalue weighted by molar-refractivity contribution is 0.264. The molecule has 0 spiro atoms. The lowest BCUT2D eigenvalue weighted by Crippen LogP contribution is -2.31. The Balaban J connectivity index is 2.04. The van der Waals surface area contributed by atoms with Crippen molar-refractivity contribution in [3.8, 4) is 0 Å². The molecule has 1 heterocycles. The molecule has 0 saturated carbocycles. The summed E-state index contributed by atoms with van der Waals surface area (Å²) >= 11 is 4.86. The molecule has 1 saturated heterocycles. The van der Waals surface area contributed by atoms with Crippen LogP contribution in [0.5, 0.6) is 0 Å². The number of likely N-dealkylation sites (tertiary alicyclic amines) is 1. The van der Waals surface area contributed by atoms with Gasteiger partial charge in [0.2, 0.25) is 0 Å². The first kappa shape index (κ1) is 14.4. The van der Waals surface area contributed by atoms with Crippen LogP contribution in [-0.4, -0.2) is 48.0 Å². The maximum absolute atomic E-state index is 13.5. The molecule has 1 aromatic carbocycles. The number of nitrogens with two attached hydrogens (primary N) is 1. The molecule has 1 aromatic rings. The average Bonchev–Trinajstić information content (AvgIpc) is 2.80. The fourth-order valence-corrected chi connectivity index (χ4v) is 2.65. The zero-order valence-electron chi connectivity index (χ0n) is 11.4. The Labute approximate surface area is 119 Å². The van der Waals surface area contributed by atoms with Gasteiger partial charge in [-0.3, -0.25) is 4.90 Å². The fourth-order valence-electron chi connectivity index (χ4n) is 2.50. The van der Waals surface area contributed by atoms with Gasteiger partial charge < -0.3 is 10.6 Å². The summed E-state index contributed by atoms with van der Waals surface area (Å²) in [6, 6.07) is 5.62. The van der Waals surface area contributed by atoms with E-state index in [0.717, 1.165) is 25.2 Å². The fraction of sp³-hybridized carbons (Fsp3) is 0.500. The second kappa shape index (κ2) is 5.94. The lowest BCUT2D eigenvalue weighted by atomic mass is 10.1. The number of benzene rings is 1. The number of likely N-dealkylation sites (N-methyl/N-ethyl adjacent to an activating group) is 1. The van der Waals surface area contributed by atoms with Crippen LogP contribution in [0.15, 0.2) is 18.2 Å². The van der Waals surface area contributed by atoms with E-state index < -0.39 is 0 Å². The first-order chi connectivity index (χ1) is 8.97. The highest BCUT2D eigenvalue weighted by molar-refractivity contribution is 7.80. The Morgan fingerprint density at radius 2 is 2.26 bits per heavy atom. The summed E-state index contributed by atoms with van der Waals surface area (Å²) in [5.74, 6) is -0.344. The highest BCUT2D eigenvalue weighted by Gasteiger charge is 2.23.